The number of carbonyl (C=O) groups is 1. The molecule has 0 unspecified atom stereocenters. The van der Waals surface area contributed by atoms with Crippen LogP contribution >= 0.6 is 0 Å². The lowest BCUT2D eigenvalue weighted by atomic mass is 10.0. The fourth-order valence-electron chi connectivity index (χ4n) is 2.88. The molecule has 25 heavy (non-hydrogen) atoms. The zero-order valence-corrected chi connectivity index (χ0v) is 15.2. The first-order chi connectivity index (χ1) is 11.9. The van der Waals surface area contributed by atoms with E-state index in [-0.39, 0.29) is 16.6 Å². The molecular weight excluding hydrogens is 340 g/mol. The molecule has 6 nitrogen and oxygen atoms in total. The van der Waals surface area contributed by atoms with E-state index >= 15 is 0 Å². The van der Waals surface area contributed by atoms with Crippen LogP contribution < -0.4 is 5.32 Å². The molecular formula is C18H22N2O4S. The molecule has 0 aliphatic carbocycles. The van der Waals surface area contributed by atoms with Gasteiger partial charge in [-0.05, 0) is 56.0 Å². The minimum atomic E-state index is -3.48. The summed E-state index contributed by atoms with van der Waals surface area (Å²) in [5.74, 6) is 0.455. The van der Waals surface area contributed by atoms with Crippen LogP contribution in [0.2, 0.25) is 0 Å². The highest BCUT2D eigenvalue weighted by molar-refractivity contribution is 7.89. The molecule has 1 fully saturated rings. The lowest BCUT2D eigenvalue weighted by Gasteiger charge is -2.29. The van der Waals surface area contributed by atoms with Gasteiger partial charge in [0.15, 0.2) is 5.76 Å². The van der Waals surface area contributed by atoms with E-state index in [2.05, 4.69) is 12.2 Å². The van der Waals surface area contributed by atoms with Crippen molar-refractivity contribution in [3.63, 3.8) is 0 Å². The van der Waals surface area contributed by atoms with Crippen LogP contribution in [0.1, 0.15) is 35.9 Å². The number of benzene rings is 1. The van der Waals surface area contributed by atoms with E-state index in [4.69, 9.17) is 4.42 Å². The first-order valence-corrected chi connectivity index (χ1v) is 9.77. The molecule has 0 radical (unpaired) electrons. The molecule has 3 rings (SSSR count). The molecule has 1 aromatic heterocycles. The summed E-state index contributed by atoms with van der Waals surface area (Å²) in [4.78, 5) is 12.4. The first kappa shape index (κ1) is 17.7. The average molecular weight is 362 g/mol. The van der Waals surface area contributed by atoms with E-state index in [1.807, 2.05) is 0 Å². The number of piperidine rings is 1. The molecule has 2 heterocycles. The minimum absolute atomic E-state index is 0.245. The number of carbonyl (C=O) groups excluding carboxylic acids is 1. The second-order valence-corrected chi connectivity index (χ2v) is 8.44. The Morgan fingerprint density at radius 2 is 1.80 bits per heavy atom. The molecule has 2 aromatic rings. The Bertz CT molecular complexity index is 847. The molecule has 1 aromatic carbocycles. The smallest absolute Gasteiger partial charge is 0.291 e. The highest BCUT2D eigenvalue weighted by Gasteiger charge is 2.28. The summed E-state index contributed by atoms with van der Waals surface area (Å²) in [6, 6.07) is 7.95. The number of amides is 1. The van der Waals surface area contributed by atoms with Gasteiger partial charge in [0, 0.05) is 24.3 Å². The number of sulfonamides is 1. The lowest BCUT2D eigenvalue weighted by molar-refractivity contribution is 0.0996. The topological polar surface area (TPSA) is 79.6 Å². The Balaban J connectivity index is 1.71. The summed E-state index contributed by atoms with van der Waals surface area (Å²) >= 11 is 0. The second-order valence-electron chi connectivity index (χ2n) is 6.50. The molecule has 0 bridgehead atoms. The third-order valence-corrected chi connectivity index (χ3v) is 6.47. The summed E-state index contributed by atoms with van der Waals surface area (Å²) in [7, 11) is -3.48. The van der Waals surface area contributed by atoms with Crippen molar-refractivity contribution in [2.24, 2.45) is 5.92 Å². The molecule has 0 saturated carbocycles. The van der Waals surface area contributed by atoms with E-state index in [1.165, 1.54) is 22.7 Å². The van der Waals surface area contributed by atoms with Crippen LogP contribution in [0.4, 0.5) is 5.69 Å². The molecule has 1 aliphatic heterocycles. The van der Waals surface area contributed by atoms with Crippen molar-refractivity contribution < 1.29 is 17.6 Å². The normalized spacial score (nSPS) is 16.7. The summed E-state index contributed by atoms with van der Waals surface area (Å²) in [5, 5.41) is 2.71. The van der Waals surface area contributed by atoms with Crippen molar-refractivity contribution in [1.29, 1.82) is 0 Å². The van der Waals surface area contributed by atoms with E-state index in [9.17, 15) is 13.2 Å². The van der Waals surface area contributed by atoms with Crippen LogP contribution in [0.5, 0.6) is 0 Å². The number of hydrogen-bond acceptors (Lipinski definition) is 4. The van der Waals surface area contributed by atoms with Crippen LogP contribution in [-0.2, 0) is 10.0 Å². The zero-order valence-electron chi connectivity index (χ0n) is 14.4. The van der Waals surface area contributed by atoms with Gasteiger partial charge in [0.1, 0.15) is 0 Å². The van der Waals surface area contributed by atoms with Gasteiger partial charge in [0.05, 0.1) is 11.2 Å². The molecule has 1 amide bonds. The Kier molecular flexibility index (Phi) is 4.96. The fraction of sp³-hybridized carbons (Fsp3) is 0.389. The summed E-state index contributed by atoms with van der Waals surface area (Å²) < 4.78 is 32.0. The molecule has 1 saturated heterocycles. The Morgan fingerprint density at radius 1 is 1.16 bits per heavy atom. The Labute approximate surface area is 147 Å². The van der Waals surface area contributed by atoms with Gasteiger partial charge in [0.25, 0.3) is 5.91 Å². The van der Waals surface area contributed by atoms with Gasteiger partial charge in [-0.25, -0.2) is 8.42 Å². The van der Waals surface area contributed by atoms with E-state index in [0.29, 0.717) is 24.7 Å². The third-order valence-electron chi connectivity index (χ3n) is 4.56. The summed E-state index contributed by atoms with van der Waals surface area (Å²) in [5.41, 5.74) is 1.27. The zero-order chi connectivity index (χ0) is 18.0. The van der Waals surface area contributed by atoms with Crippen molar-refractivity contribution >= 4 is 21.6 Å². The third kappa shape index (κ3) is 3.77. The van der Waals surface area contributed by atoms with Gasteiger partial charge in [0.2, 0.25) is 10.0 Å². The molecule has 7 heteroatoms. The van der Waals surface area contributed by atoms with Crippen LogP contribution in [-0.4, -0.2) is 31.7 Å². The van der Waals surface area contributed by atoms with Crippen LogP contribution in [0.15, 0.2) is 45.9 Å². The monoisotopic (exact) mass is 362 g/mol. The number of rotatable bonds is 4. The van der Waals surface area contributed by atoms with E-state index < -0.39 is 10.0 Å². The predicted molar refractivity (Wildman–Crippen MR) is 95.0 cm³/mol. The molecule has 134 valence electrons. The largest absolute Gasteiger partial charge is 0.459 e. The number of nitrogens with zero attached hydrogens (tertiary/aromatic N) is 1. The number of aryl methyl sites for hydroxylation is 1. The quantitative estimate of drug-likeness (QED) is 0.905. The Hall–Kier alpha value is -2.12. The maximum atomic E-state index is 12.7. The van der Waals surface area contributed by atoms with Crippen LogP contribution in [0, 0.1) is 12.8 Å². The fourth-order valence-corrected chi connectivity index (χ4v) is 4.35. The number of anilines is 1. The maximum Gasteiger partial charge on any atom is 0.291 e. The highest BCUT2D eigenvalue weighted by atomic mass is 32.2. The van der Waals surface area contributed by atoms with Crippen molar-refractivity contribution in [1.82, 2.24) is 4.31 Å². The van der Waals surface area contributed by atoms with Crippen LogP contribution in [0.25, 0.3) is 0 Å². The predicted octanol–water partition coefficient (Wildman–Crippen LogP) is 3.26. The van der Waals surface area contributed by atoms with Gasteiger partial charge < -0.3 is 9.73 Å². The number of hydrogen-bond donors (Lipinski definition) is 1. The van der Waals surface area contributed by atoms with Crippen molar-refractivity contribution in [3.8, 4) is 0 Å². The SMILES string of the molecule is Cc1ccoc1C(=O)Nc1ccc(S(=O)(=O)N2CCC(C)CC2)cc1. The van der Waals surface area contributed by atoms with Gasteiger partial charge in [-0.1, -0.05) is 6.92 Å². The van der Waals surface area contributed by atoms with Gasteiger partial charge in [-0.3, -0.25) is 4.79 Å². The highest BCUT2D eigenvalue weighted by Crippen LogP contribution is 2.24. The maximum absolute atomic E-state index is 12.7. The number of furan rings is 1. The minimum Gasteiger partial charge on any atom is -0.459 e. The summed E-state index contributed by atoms with van der Waals surface area (Å²) in [6.07, 6.45) is 3.23. The van der Waals surface area contributed by atoms with Crippen molar-refractivity contribution in [2.45, 2.75) is 31.6 Å². The standard InChI is InChI=1S/C18H22N2O4S/c1-13-7-10-20(11-8-13)25(22,23)16-5-3-15(4-6-16)19-18(21)17-14(2)9-12-24-17/h3-6,9,12-13H,7-8,10-11H2,1-2H3,(H,19,21). The van der Waals surface area contributed by atoms with Gasteiger partial charge in [-0.15, -0.1) is 0 Å². The molecule has 1 aliphatic rings. The van der Waals surface area contributed by atoms with Gasteiger partial charge >= 0.3 is 0 Å². The Morgan fingerprint density at radius 3 is 2.36 bits per heavy atom. The average Bonchev–Trinajstić information content (AvgIpc) is 3.02. The number of nitrogens with one attached hydrogen (secondary N) is 1. The van der Waals surface area contributed by atoms with E-state index in [1.54, 1.807) is 25.1 Å². The van der Waals surface area contributed by atoms with Crippen molar-refractivity contribution in [2.75, 3.05) is 18.4 Å². The van der Waals surface area contributed by atoms with Gasteiger partial charge in [-0.2, -0.15) is 4.31 Å². The van der Waals surface area contributed by atoms with Crippen LogP contribution in [0.3, 0.4) is 0 Å². The van der Waals surface area contributed by atoms with Crippen molar-refractivity contribution in [3.05, 3.63) is 47.9 Å². The molecule has 0 spiro atoms. The lowest BCUT2D eigenvalue weighted by Crippen LogP contribution is -2.37. The molecule has 1 N–H and O–H groups in total. The second kappa shape index (κ2) is 7.01. The molecule has 0 atom stereocenters. The first-order valence-electron chi connectivity index (χ1n) is 8.33. The summed E-state index contributed by atoms with van der Waals surface area (Å²) in [6.45, 7) is 5.04. The van der Waals surface area contributed by atoms with E-state index in [0.717, 1.165) is 18.4 Å².